The van der Waals surface area contributed by atoms with Gasteiger partial charge in [0, 0.05) is 17.3 Å². The van der Waals surface area contributed by atoms with Gasteiger partial charge in [0.15, 0.2) is 0 Å². The van der Waals surface area contributed by atoms with Gasteiger partial charge < -0.3 is 10.1 Å². The van der Waals surface area contributed by atoms with Crippen LogP contribution in [0.3, 0.4) is 0 Å². The SMILES string of the molecule is Cc1ccc(OCCN(C)CC(=O)Nc2cccc(Cl)c2C)cc1. The summed E-state index contributed by atoms with van der Waals surface area (Å²) in [7, 11) is 1.89. The van der Waals surface area contributed by atoms with E-state index in [0.29, 0.717) is 24.7 Å². The van der Waals surface area contributed by atoms with E-state index in [-0.39, 0.29) is 5.91 Å². The van der Waals surface area contributed by atoms with Gasteiger partial charge in [0.1, 0.15) is 12.4 Å². The molecule has 128 valence electrons. The van der Waals surface area contributed by atoms with E-state index in [4.69, 9.17) is 16.3 Å². The largest absolute Gasteiger partial charge is 0.492 e. The van der Waals surface area contributed by atoms with E-state index in [1.54, 1.807) is 6.07 Å². The number of ether oxygens (including phenoxy) is 1. The molecule has 0 bridgehead atoms. The van der Waals surface area contributed by atoms with Crippen LogP contribution in [0.2, 0.25) is 5.02 Å². The maximum atomic E-state index is 12.1. The molecule has 0 saturated heterocycles. The predicted octanol–water partition coefficient (Wildman–Crippen LogP) is 3.91. The molecule has 1 N–H and O–H groups in total. The molecule has 0 radical (unpaired) electrons. The first-order valence-corrected chi connectivity index (χ1v) is 8.26. The minimum atomic E-state index is -0.0711. The maximum absolute atomic E-state index is 12.1. The first-order chi connectivity index (χ1) is 11.5. The van der Waals surface area contributed by atoms with Crippen LogP contribution in [0.25, 0.3) is 0 Å². The highest BCUT2D eigenvalue weighted by atomic mass is 35.5. The van der Waals surface area contributed by atoms with Crippen molar-refractivity contribution in [3.8, 4) is 5.75 Å². The van der Waals surface area contributed by atoms with Crippen molar-refractivity contribution in [3.05, 3.63) is 58.6 Å². The van der Waals surface area contributed by atoms with Crippen molar-refractivity contribution in [2.24, 2.45) is 0 Å². The second kappa shape index (κ2) is 8.71. The Labute approximate surface area is 148 Å². The molecule has 0 unspecified atom stereocenters. The number of nitrogens with one attached hydrogen (secondary N) is 1. The molecule has 4 nitrogen and oxygen atoms in total. The molecule has 0 aliphatic rings. The number of amides is 1. The highest BCUT2D eigenvalue weighted by molar-refractivity contribution is 6.31. The summed E-state index contributed by atoms with van der Waals surface area (Å²) in [6.07, 6.45) is 0. The number of hydrogen-bond donors (Lipinski definition) is 1. The fourth-order valence-corrected chi connectivity index (χ4v) is 2.39. The summed E-state index contributed by atoms with van der Waals surface area (Å²) in [4.78, 5) is 14.0. The second-order valence-corrected chi connectivity index (χ2v) is 6.27. The molecule has 0 fully saturated rings. The van der Waals surface area contributed by atoms with Gasteiger partial charge in [-0.1, -0.05) is 35.4 Å². The average Bonchev–Trinajstić information content (AvgIpc) is 2.53. The van der Waals surface area contributed by atoms with Crippen LogP contribution in [0, 0.1) is 13.8 Å². The zero-order valence-corrected chi connectivity index (χ0v) is 15.1. The number of aryl methyl sites for hydroxylation is 1. The number of benzene rings is 2. The molecule has 0 aliphatic carbocycles. The molecule has 5 heteroatoms. The Hall–Kier alpha value is -2.04. The highest BCUT2D eigenvalue weighted by Gasteiger charge is 2.09. The van der Waals surface area contributed by atoms with E-state index >= 15 is 0 Å². The first-order valence-electron chi connectivity index (χ1n) is 7.88. The zero-order chi connectivity index (χ0) is 17.5. The smallest absolute Gasteiger partial charge is 0.238 e. The summed E-state index contributed by atoms with van der Waals surface area (Å²) >= 11 is 6.06. The fraction of sp³-hybridized carbons (Fsp3) is 0.316. The van der Waals surface area contributed by atoms with Crippen molar-refractivity contribution in [2.45, 2.75) is 13.8 Å². The molecule has 0 saturated carbocycles. The van der Waals surface area contributed by atoms with E-state index in [9.17, 15) is 4.79 Å². The van der Waals surface area contributed by atoms with Crippen LogP contribution >= 0.6 is 11.6 Å². The number of hydrogen-bond acceptors (Lipinski definition) is 3. The zero-order valence-electron chi connectivity index (χ0n) is 14.3. The average molecular weight is 347 g/mol. The van der Waals surface area contributed by atoms with Gasteiger partial charge in [-0.05, 0) is 50.7 Å². The summed E-state index contributed by atoms with van der Waals surface area (Å²) in [5.41, 5.74) is 2.82. The van der Waals surface area contributed by atoms with Crippen LogP contribution in [-0.4, -0.2) is 37.6 Å². The third-order valence-electron chi connectivity index (χ3n) is 3.72. The number of halogens is 1. The van der Waals surface area contributed by atoms with Gasteiger partial charge in [0.05, 0.1) is 6.54 Å². The lowest BCUT2D eigenvalue weighted by molar-refractivity contribution is -0.117. The predicted molar refractivity (Wildman–Crippen MR) is 99.0 cm³/mol. The number of likely N-dealkylation sites (N-methyl/N-ethyl adjacent to an activating group) is 1. The molecular weight excluding hydrogens is 324 g/mol. The number of nitrogens with zero attached hydrogens (tertiary/aromatic N) is 1. The van der Waals surface area contributed by atoms with E-state index in [1.165, 1.54) is 5.56 Å². The maximum Gasteiger partial charge on any atom is 0.238 e. The Kier molecular flexibility index (Phi) is 6.64. The Morgan fingerprint density at radius 1 is 1.17 bits per heavy atom. The van der Waals surface area contributed by atoms with Gasteiger partial charge in [-0.25, -0.2) is 0 Å². The molecular formula is C19H23ClN2O2. The van der Waals surface area contributed by atoms with Crippen LogP contribution in [0.5, 0.6) is 5.75 Å². The van der Waals surface area contributed by atoms with Crippen LogP contribution in [0.4, 0.5) is 5.69 Å². The fourth-order valence-electron chi connectivity index (χ4n) is 2.21. The first kappa shape index (κ1) is 18.3. The van der Waals surface area contributed by atoms with E-state index < -0.39 is 0 Å². The minimum Gasteiger partial charge on any atom is -0.492 e. The normalized spacial score (nSPS) is 10.7. The van der Waals surface area contributed by atoms with Crippen molar-refractivity contribution in [2.75, 3.05) is 32.1 Å². The van der Waals surface area contributed by atoms with Gasteiger partial charge in [0.2, 0.25) is 5.91 Å². The molecule has 0 atom stereocenters. The third-order valence-corrected chi connectivity index (χ3v) is 4.13. The van der Waals surface area contributed by atoms with Crippen molar-refractivity contribution in [1.82, 2.24) is 4.90 Å². The van der Waals surface area contributed by atoms with Crippen LogP contribution in [-0.2, 0) is 4.79 Å². The monoisotopic (exact) mass is 346 g/mol. The number of rotatable bonds is 7. The van der Waals surface area contributed by atoms with Crippen LogP contribution in [0.15, 0.2) is 42.5 Å². The third kappa shape index (κ3) is 5.55. The summed E-state index contributed by atoms with van der Waals surface area (Å²) in [5.74, 6) is 0.770. The Morgan fingerprint density at radius 3 is 2.58 bits per heavy atom. The van der Waals surface area contributed by atoms with E-state index in [0.717, 1.165) is 17.0 Å². The number of carbonyl (C=O) groups is 1. The molecule has 2 rings (SSSR count). The quantitative estimate of drug-likeness (QED) is 0.826. The van der Waals surface area contributed by atoms with Gasteiger partial charge in [0.25, 0.3) is 0 Å². The van der Waals surface area contributed by atoms with E-state index in [1.807, 2.05) is 62.2 Å². The highest BCUT2D eigenvalue weighted by Crippen LogP contribution is 2.22. The van der Waals surface area contributed by atoms with E-state index in [2.05, 4.69) is 5.32 Å². The van der Waals surface area contributed by atoms with Crippen molar-refractivity contribution < 1.29 is 9.53 Å². The molecule has 0 spiro atoms. The van der Waals surface area contributed by atoms with Crippen LogP contribution in [0.1, 0.15) is 11.1 Å². The number of anilines is 1. The molecule has 2 aromatic rings. The Balaban J connectivity index is 1.75. The minimum absolute atomic E-state index is 0.0711. The lowest BCUT2D eigenvalue weighted by Crippen LogP contribution is -2.33. The Bertz CT molecular complexity index is 686. The topological polar surface area (TPSA) is 41.6 Å². The lowest BCUT2D eigenvalue weighted by Gasteiger charge is -2.17. The Morgan fingerprint density at radius 2 is 1.88 bits per heavy atom. The standard InChI is InChI=1S/C19H23ClN2O2/c1-14-7-9-16(10-8-14)24-12-11-22(3)13-19(23)21-18-6-4-5-17(20)15(18)2/h4-10H,11-13H2,1-3H3,(H,21,23). The summed E-state index contributed by atoms with van der Waals surface area (Å²) in [5, 5.41) is 3.54. The molecule has 24 heavy (non-hydrogen) atoms. The summed E-state index contributed by atoms with van der Waals surface area (Å²) in [6.45, 7) is 5.41. The molecule has 0 aromatic heterocycles. The lowest BCUT2D eigenvalue weighted by atomic mass is 10.2. The van der Waals surface area contributed by atoms with Gasteiger partial charge in [-0.15, -0.1) is 0 Å². The second-order valence-electron chi connectivity index (χ2n) is 5.86. The summed E-state index contributed by atoms with van der Waals surface area (Å²) < 4.78 is 5.68. The van der Waals surface area contributed by atoms with Gasteiger partial charge in [-0.2, -0.15) is 0 Å². The van der Waals surface area contributed by atoms with Crippen LogP contribution < -0.4 is 10.1 Å². The summed E-state index contributed by atoms with van der Waals surface area (Å²) in [6, 6.07) is 13.4. The van der Waals surface area contributed by atoms with Gasteiger partial charge >= 0.3 is 0 Å². The van der Waals surface area contributed by atoms with Crippen molar-refractivity contribution >= 4 is 23.2 Å². The molecule has 2 aromatic carbocycles. The molecule has 1 amide bonds. The molecule has 0 heterocycles. The van der Waals surface area contributed by atoms with Crippen molar-refractivity contribution in [1.29, 1.82) is 0 Å². The molecule has 0 aliphatic heterocycles. The number of carbonyl (C=O) groups excluding carboxylic acids is 1. The van der Waals surface area contributed by atoms with Crippen molar-refractivity contribution in [3.63, 3.8) is 0 Å². The van der Waals surface area contributed by atoms with Gasteiger partial charge in [-0.3, -0.25) is 9.69 Å².